The number of carboxylic acids is 1. The zero-order valence-corrected chi connectivity index (χ0v) is 9.06. The largest absolute Gasteiger partial charge is 0.480 e. The van der Waals surface area contributed by atoms with E-state index >= 15 is 0 Å². The van der Waals surface area contributed by atoms with Crippen LogP contribution in [0.15, 0.2) is 0 Å². The van der Waals surface area contributed by atoms with Gasteiger partial charge in [0.05, 0.1) is 12.7 Å². The van der Waals surface area contributed by atoms with Gasteiger partial charge in [-0.15, -0.1) is 0 Å². The van der Waals surface area contributed by atoms with Gasteiger partial charge >= 0.3 is 5.97 Å². The number of aliphatic hydroxyl groups excluding tert-OH is 2. The molecule has 0 amide bonds. The molecule has 1 fully saturated rings. The third-order valence-corrected chi connectivity index (χ3v) is 2.33. The van der Waals surface area contributed by atoms with Crippen LogP contribution in [0.3, 0.4) is 0 Å². The van der Waals surface area contributed by atoms with Crippen LogP contribution in [0.5, 0.6) is 0 Å². The van der Waals surface area contributed by atoms with Crippen molar-refractivity contribution in [1.82, 2.24) is 0 Å². The highest BCUT2D eigenvalue weighted by Gasteiger charge is 2.20. The number of aliphatic carboxylic acids is 1. The predicted molar refractivity (Wildman–Crippen MR) is 54.6 cm³/mol. The maximum atomic E-state index is 10.1. The van der Waals surface area contributed by atoms with Crippen molar-refractivity contribution in [3.05, 3.63) is 0 Å². The molecule has 2 unspecified atom stereocenters. The van der Waals surface area contributed by atoms with E-state index in [1.807, 2.05) is 0 Å². The lowest BCUT2D eigenvalue weighted by molar-refractivity contribution is -0.142. The first-order valence-electron chi connectivity index (χ1n) is 5.11. The first-order chi connectivity index (χ1) is 7.18. The van der Waals surface area contributed by atoms with Gasteiger partial charge in [-0.25, -0.2) is 4.79 Å². The van der Waals surface area contributed by atoms with Crippen molar-refractivity contribution in [2.75, 3.05) is 20.3 Å². The maximum Gasteiger partial charge on any atom is 0.329 e. The maximum absolute atomic E-state index is 10.1. The van der Waals surface area contributed by atoms with Gasteiger partial charge in [-0.2, -0.15) is 0 Å². The second kappa shape index (κ2) is 8.64. The summed E-state index contributed by atoms with van der Waals surface area (Å²) in [5.41, 5.74) is 0. The molecule has 0 heterocycles. The summed E-state index contributed by atoms with van der Waals surface area (Å²) >= 11 is 0. The average molecular weight is 220 g/mol. The molecule has 3 N–H and O–H groups in total. The summed E-state index contributed by atoms with van der Waals surface area (Å²) in [6.45, 7) is 0.232. The number of carboxylic acid groups (broad SMARTS) is 1. The molecular formula is C10H20O5. The second-order valence-corrected chi connectivity index (χ2v) is 3.60. The number of hydrogen-bond donors (Lipinski definition) is 3. The van der Waals surface area contributed by atoms with Gasteiger partial charge in [-0.3, -0.25) is 0 Å². The minimum atomic E-state index is -0.934. The Labute approximate surface area is 89.7 Å². The molecule has 0 aliphatic heterocycles. The van der Waals surface area contributed by atoms with Gasteiger partial charge in [0, 0.05) is 7.11 Å². The summed E-state index contributed by atoms with van der Waals surface area (Å²) < 4.78 is 4.97. The van der Waals surface area contributed by atoms with Crippen LogP contribution in [0.2, 0.25) is 0 Å². The number of carbonyl (C=O) groups is 1. The molecule has 1 saturated carbocycles. The standard InChI is InChI=1S/C9H16O4.CH4O/c10-8-3-1-2-7(4-8)5-13-6-9(11)12;1-2/h7-8,10H,1-6H2,(H,11,12);2H,1H3. The Morgan fingerprint density at radius 3 is 2.60 bits per heavy atom. The highest BCUT2D eigenvalue weighted by Crippen LogP contribution is 2.24. The average Bonchev–Trinajstić information content (AvgIpc) is 2.20. The van der Waals surface area contributed by atoms with E-state index in [-0.39, 0.29) is 12.7 Å². The number of aliphatic hydroxyl groups is 2. The molecule has 5 nitrogen and oxygen atoms in total. The normalized spacial score (nSPS) is 25.3. The van der Waals surface area contributed by atoms with E-state index in [0.717, 1.165) is 32.8 Å². The van der Waals surface area contributed by atoms with Crippen LogP contribution in [0.1, 0.15) is 25.7 Å². The van der Waals surface area contributed by atoms with Crippen LogP contribution in [-0.4, -0.2) is 47.7 Å². The molecule has 0 aromatic heterocycles. The van der Waals surface area contributed by atoms with Gasteiger partial charge in [0.15, 0.2) is 0 Å². The van der Waals surface area contributed by atoms with Gasteiger partial charge in [-0.05, 0) is 25.2 Å². The molecular weight excluding hydrogens is 200 g/mol. The third kappa shape index (κ3) is 7.30. The Balaban J connectivity index is 0.000000921. The number of rotatable bonds is 4. The highest BCUT2D eigenvalue weighted by atomic mass is 16.5. The van der Waals surface area contributed by atoms with E-state index < -0.39 is 5.97 Å². The van der Waals surface area contributed by atoms with Crippen LogP contribution >= 0.6 is 0 Å². The fourth-order valence-electron chi connectivity index (χ4n) is 1.73. The summed E-state index contributed by atoms with van der Waals surface area (Å²) in [5, 5.41) is 24.6. The molecule has 0 spiro atoms. The Hall–Kier alpha value is -0.650. The van der Waals surface area contributed by atoms with E-state index in [2.05, 4.69) is 0 Å². The van der Waals surface area contributed by atoms with Crippen molar-refractivity contribution >= 4 is 5.97 Å². The highest BCUT2D eigenvalue weighted by molar-refractivity contribution is 5.67. The minimum absolute atomic E-state index is 0.216. The summed E-state index contributed by atoms with van der Waals surface area (Å²) in [5.74, 6) is -0.598. The van der Waals surface area contributed by atoms with Crippen molar-refractivity contribution in [3.8, 4) is 0 Å². The van der Waals surface area contributed by atoms with Gasteiger partial charge in [0.2, 0.25) is 0 Å². The minimum Gasteiger partial charge on any atom is -0.480 e. The fraction of sp³-hybridized carbons (Fsp3) is 0.900. The lowest BCUT2D eigenvalue weighted by Gasteiger charge is -2.25. The topological polar surface area (TPSA) is 87.0 Å². The van der Waals surface area contributed by atoms with Gasteiger partial charge < -0.3 is 20.1 Å². The summed E-state index contributed by atoms with van der Waals surface area (Å²) in [7, 11) is 1.00. The Morgan fingerprint density at radius 1 is 1.40 bits per heavy atom. The van der Waals surface area contributed by atoms with E-state index in [0.29, 0.717) is 12.5 Å². The first-order valence-corrected chi connectivity index (χ1v) is 5.11. The molecule has 15 heavy (non-hydrogen) atoms. The Bertz CT molecular complexity index is 171. The molecule has 1 rings (SSSR count). The summed E-state index contributed by atoms with van der Waals surface area (Å²) in [6, 6.07) is 0. The monoisotopic (exact) mass is 220 g/mol. The van der Waals surface area contributed by atoms with Gasteiger partial charge in [0.1, 0.15) is 6.61 Å². The van der Waals surface area contributed by atoms with E-state index in [4.69, 9.17) is 14.9 Å². The Kier molecular flexibility index (Phi) is 8.27. The lowest BCUT2D eigenvalue weighted by atomic mass is 9.88. The van der Waals surface area contributed by atoms with Crippen molar-refractivity contribution in [2.45, 2.75) is 31.8 Å². The zero-order chi connectivity index (χ0) is 11.7. The number of ether oxygens (including phenoxy) is 1. The van der Waals surface area contributed by atoms with Crippen LogP contribution in [0.4, 0.5) is 0 Å². The predicted octanol–water partition coefficient (Wildman–Crippen LogP) is 0.247. The third-order valence-electron chi connectivity index (χ3n) is 2.33. The smallest absolute Gasteiger partial charge is 0.329 e. The second-order valence-electron chi connectivity index (χ2n) is 3.60. The quantitative estimate of drug-likeness (QED) is 0.632. The lowest BCUT2D eigenvalue weighted by Crippen LogP contribution is -2.24. The summed E-state index contributed by atoms with van der Waals surface area (Å²) in [4.78, 5) is 10.1. The first kappa shape index (κ1) is 14.3. The van der Waals surface area contributed by atoms with Gasteiger partial charge in [0.25, 0.3) is 0 Å². The molecule has 2 atom stereocenters. The number of hydrogen-bond acceptors (Lipinski definition) is 4. The SMILES string of the molecule is CO.O=C(O)COCC1CCCC(O)C1. The van der Waals surface area contributed by atoms with E-state index in [1.165, 1.54) is 0 Å². The Morgan fingerprint density at radius 2 is 2.07 bits per heavy atom. The summed E-state index contributed by atoms with van der Waals surface area (Å²) in [6.07, 6.45) is 3.46. The molecule has 5 heteroatoms. The van der Waals surface area contributed by atoms with Crippen LogP contribution in [0, 0.1) is 5.92 Å². The van der Waals surface area contributed by atoms with Crippen LogP contribution in [-0.2, 0) is 9.53 Å². The van der Waals surface area contributed by atoms with Crippen molar-refractivity contribution in [3.63, 3.8) is 0 Å². The molecule has 0 bridgehead atoms. The van der Waals surface area contributed by atoms with Crippen molar-refractivity contribution < 1.29 is 24.9 Å². The van der Waals surface area contributed by atoms with Crippen molar-refractivity contribution in [2.24, 2.45) is 5.92 Å². The van der Waals surface area contributed by atoms with Crippen molar-refractivity contribution in [1.29, 1.82) is 0 Å². The van der Waals surface area contributed by atoms with Crippen LogP contribution in [0.25, 0.3) is 0 Å². The zero-order valence-electron chi connectivity index (χ0n) is 9.06. The molecule has 1 aliphatic carbocycles. The van der Waals surface area contributed by atoms with E-state index in [9.17, 15) is 9.90 Å². The molecule has 0 aromatic rings. The molecule has 90 valence electrons. The van der Waals surface area contributed by atoms with E-state index in [1.54, 1.807) is 0 Å². The molecule has 0 saturated heterocycles. The fourth-order valence-corrected chi connectivity index (χ4v) is 1.73. The molecule has 1 aliphatic rings. The van der Waals surface area contributed by atoms with Gasteiger partial charge in [-0.1, -0.05) is 6.42 Å². The molecule has 0 radical (unpaired) electrons. The van der Waals surface area contributed by atoms with Crippen LogP contribution < -0.4 is 0 Å². The molecule has 0 aromatic carbocycles.